The van der Waals surface area contributed by atoms with Gasteiger partial charge in [-0.1, -0.05) is 0 Å². The molecule has 0 aliphatic carbocycles. The molecule has 1 aliphatic heterocycles. The van der Waals surface area contributed by atoms with E-state index >= 15 is 0 Å². The summed E-state index contributed by atoms with van der Waals surface area (Å²) in [5, 5.41) is 5.42. The molecular weight excluding hydrogens is 322 g/mol. The zero-order valence-corrected chi connectivity index (χ0v) is 15.1. The molecule has 0 unspecified atom stereocenters. The number of methoxy groups -OCH3 is 1. The molecular formula is C18H27N3O4. The van der Waals surface area contributed by atoms with Crippen molar-refractivity contribution in [2.75, 3.05) is 39.2 Å². The van der Waals surface area contributed by atoms with Crippen LogP contribution in [0, 0.1) is 0 Å². The van der Waals surface area contributed by atoms with Crippen molar-refractivity contribution >= 4 is 17.6 Å². The molecule has 1 fully saturated rings. The minimum Gasteiger partial charge on any atom is -0.496 e. The van der Waals surface area contributed by atoms with E-state index in [1.807, 2.05) is 6.92 Å². The maximum atomic E-state index is 12.5. The Kier molecular flexibility index (Phi) is 7.06. The Morgan fingerprint density at radius 1 is 1.36 bits per heavy atom. The maximum absolute atomic E-state index is 12.5. The van der Waals surface area contributed by atoms with Gasteiger partial charge < -0.3 is 25.0 Å². The van der Waals surface area contributed by atoms with E-state index in [1.165, 1.54) is 7.11 Å². The van der Waals surface area contributed by atoms with Crippen molar-refractivity contribution in [1.82, 2.24) is 10.2 Å². The molecule has 1 atom stereocenters. The Morgan fingerprint density at radius 3 is 2.76 bits per heavy atom. The number of carbonyl (C=O) groups excluding carboxylic acids is 2. The fourth-order valence-corrected chi connectivity index (χ4v) is 2.85. The van der Waals surface area contributed by atoms with Crippen LogP contribution in [0.25, 0.3) is 0 Å². The van der Waals surface area contributed by atoms with Crippen molar-refractivity contribution in [3.05, 3.63) is 23.8 Å². The van der Waals surface area contributed by atoms with E-state index < -0.39 is 0 Å². The maximum Gasteiger partial charge on any atom is 0.321 e. The number of hydrogen-bond donors (Lipinski definition) is 2. The third-order valence-electron chi connectivity index (χ3n) is 4.29. The number of likely N-dealkylation sites (N-methyl/N-ethyl adjacent to an activating group) is 1. The minimum absolute atomic E-state index is 0.0942. The van der Waals surface area contributed by atoms with Crippen LogP contribution in [0.1, 0.15) is 36.5 Å². The zero-order chi connectivity index (χ0) is 18.2. The van der Waals surface area contributed by atoms with Crippen molar-refractivity contribution in [2.45, 2.75) is 32.3 Å². The first-order valence-corrected chi connectivity index (χ1v) is 8.66. The highest BCUT2D eigenvalue weighted by atomic mass is 16.5. The van der Waals surface area contributed by atoms with Crippen LogP contribution in [0.3, 0.4) is 0 Å². The molecule has 3 amide bonds. The molecule has 1 aromatic carbocycles. The van der Waals surface area contributed by atoms with Gasteiger partial charge in [0.25, 0.3) is 5.91 Å². The molecule has 0 spiro atoms. The van der Waals surface area contributed by atoms with E-state index in [0.717, 1.165) is 25.9 Å². The molecule has 1 aliphatic rings. The number of amides is 3. The van der Waals surface area contributed by atoms with Gasteiger partial charge in [0.05, 0.1) is 18.8 Å². The molecule has 2 N–H and O–H groups in total. The second-order valence-corrected chi connectivity index (χ2v) is 5.95. The van der Waals surface area contributed by atoms with E-state index in [-0.39, 0.29) is 18.0 Å². The van der Waals surface area contributed by atoms with Gasteiger partial charge in [0, 0.05) is 32.4 Å². The number of anilines is 1. The normalized spacial score (nSPS) is 16.8. The number of carbonyl (C=O) groups is 2. The summed E-state index contributed by atoms with van der Waals surface area (Å²) in [6.45, 7) is 3.86. The van der Waals surface area contributed by atoms with Crippen molar-refractivity contribution in [1.29, 1.82) is 0 Å². The zero-order valence-electron chi connectivity index (χ0n) is 15.1. The van der Waals surface area contributed by atoms with Crippen LogP contribution >= 0.6 is 0 Å². The largest absolute Gasteiger partial charge is 0.496 e. The Bertz CT molecular complexity index is 600. The van der Waals surface area contributed by atoms with E-state index in [2.05, 4.69) is 10.6 Å². The number of nitrogens with zero attached hydrogens (tertiary/aromatic N) is 1. The summed E-state index contributed by atoms with van der Waals surface area (Å²) in [6, 6.07) is 4.79. The predicted octanol–water partition coefficient (Wildman–Crippen LogP) is 2.48. The summed E-state index contributed by atoms with van der Waals surface area (Å²) < 4.78 is 10.9. The van der Waals surface area contributed by atoms with Gasteiger partial charge in [0.15, 0.2) is 0 Å². The summed E-state index contributed by atoms with van der Waals surface area (Å²) in [5.41, 5.74) is 0.925. The van der Waals surface area contributed by atoms with Gasteiger partial charge in [0.2, 0.25) is 0 Å². The molecule has 0 saturated carbocycles. The topological polar surface area (TPSA) is 79.9 Å². The molecule has 0 bridgehead atoms. The van der Waals surface area contributed by atoms with Gasteiger partial charge in [-0.2, -0.15) is 0 Å². The number of benzene rings is 1. The molecule has 0 radical (unpaired) electrons. The lowest BCUT2D eigenvalue weighted by Crippen LogP contribution is -2.41. The van der Waals surface area contributed by atoms with Crippen LogP contribution < -0.4 is 15.4 Å². The molecule has 7 nitrogen and oxygen atoms in total. The lowest BCUT2D eigenvalue weighted by atomic mass is 10.1. The Hall–Kier alpha value is -2.28. The third kappa shape index (κ3) is 5.09. The van der Waals surface area contributed by atoms with E-state index in [9.17, 15) is 9.59 Å². The van der Waals surface area contributed by atoms with Gasteiger partial charge in [0.1, 0.15) is 5.75 Å². The standard InChI is InChI=1S/C18H27N3O4/c1-4-21(12-14-7-5-6-10-25-14)18(23)20-13-8-9-16(24-3)15(11-13)17(22)19-2/h8-9,11,14H,4-7,10,12H2,1-3H3,(H,19,22)(H,20,23)/t14-/m0/s1. The van der Waals surface area contributed by atoms with Crippen molar-refractivity contribution in [2.24, 2.45) is 0 Å². The highest BCUT2D eigenvalue weighted by Gasteiger charge is 2.21. The lowest BCUT2D eigenvalue weighted by Gasteiger charge is -2.29. The molecule has 1 heterocycles. The number of hydrogen-bond acceptors (Lipinski definition) is 4. The second-order valence-electron chi connectivity index (χ2n) is 5.95. The van der Waals surface area contributed by atoms with Crippen LogP contribution in [0.4, 0.5) is 10.5 Å². The van der Waals surface area contributed by atoms with E-state index in [0.29, 0.717) is 30.1 Å². The van der Waals surface area contributed by atoms with Crippen LogP contribution in [-0.2, 0) is 4.74 Å². The van der Waals surface area contributed by atoms with Crippen LogP contribution in [-0.4, -0.2) is 56.8 Å². The summed E-state index contributed by atoms with van der Waals surface area (Å²) in [4.78, 5) is 26.2. The molecule has 25 heavy (non-hydrogen) atoms. The average molecular weight is 349 g/mol. The smallest absolute Gasteiger partial charge is 0.321 e. The van der Waals surface area contributed by atoms with Crippen LogP contribution in [0.5, 0.6) is 5.75 Å². The van der Waals surface area contributed by atoms with Gasteiger partial charge in [-0.3, -0.25) is 4.79 Å². The highest BCUT2D eigenvalue weighted by Crippen LogP contribution is 2.23. The van der Waals surface area contributed by atoms with Crippen LogP contribution in [0.2, 0.25) is 0 Å². The Labute approximate surface area is 148 Å². The minimum atomic E-state index is -0.268. The number of urea groups is 1. The van der Waals surface area contributed by atoms with Crippen molar-refractivity contribution in [3.8, 4) is 5.75 Å². The first-order chi connectivity index (χ1) is 12.1. The van der Waals surface area contributed by atoms with E-state index in [1.54, 1.807) is 30.1 Å². The molecule has 1 aromatic rings. The van der Waals surface area contributed by atoms with Crippen molar-refractivity contribution < 1.29 is 19.1 Å². The molecule has 138 valence electrons. The molecule has 1 saturated heterocycles. The summed E-state index contributed by atoms with van der Waals surface area (Å²) in [5.74, 6) is 0.191. The fraction of sp³-hybridized carbons (Fsp3) is 0.556. The average Bonchev–Trinajstić information content (AvgIpc) is 2.66. The SMILES string of the molecule is CCN(C[C@@H]1CCCCO1)C(=O)Nc1ccc(OC)c(C(=O)NC)c1. The van der Waals surface area contributed by atoms with Crippen LogP contribution in [0.15, 0.2) is 18.2 Å². The van der Waals surface area contributed by atoms with Crippen molar-refractivity contribution in [3.63, 3.8) is 0 Å². The fourth-order valence-electron chi connectivity index (χ4n) is 2.85. The lowest BCUT2D eigenvalue weighted by molar-refractivity contribution is 0.00221. The first-order valence-electron chi connectivity index (χ1n) is 8.66. The summed E-state index contributed by atoms with van der Waals surface area (Å²) >= 11 is 0. The van der Waals surface area contributed by atoms with E-state index in [4.69, 9.17) is 9.47 Å². The van der Waals surface area contributed by atoms with Gasteiger partial charge >= 0.3 is 6.03 Å². The summed E-state index contributed by atoms with van der Waals surface area (Å²) in [6.07, 6.45) is 3.30. The molecule has 0 aromatic heterocycles. The third-order valence-corrected chi connectivity index (χ3v) is 4.29. The first kappa shape index (κ1) is 19.1. The molecule has 7 heteroatoms. The van der Waals surface area contributed by atoms with Gasteiger partial charge in [-0.15, -0.1) is 0 Å². The quantitative estimate of drug-likeness (QED) is 0.827. The predicted molar refractivity (Wildman–Crippen MR) is 96.2 cm³/mol. The monoisotopic (exact) mass is 349 g/mol. The van der Waals surface area contributed by atoms with Gasteiger partial charge in [-0.05, 0) is 44.4 Å². The Balaban J connectivity index is 2.05. The second kappa shape index (κ2) is 9.27. The van der Waals surface area contributed by atoms with Gasteiger partial charge in [-0.25, -0.2) is 4.79 Å². The summed E-state index contributed by atoms with van der Waals surface area (Å²) in [7, 11) is 3.05. The number of ether oxygens (including phenoxy) is 2. The Morgan fingerprint density at radius 2 is 2.16 bits per heavy atom. The number of nitrogens with one attached hydrogen (secondary N) is 2. The number of rotatable bonds is 6. The highest BCUT2D eigenvalue weighted by molar-refractivity contribution is 5.99. The molecule has 2 rings (SSSR count).